The van der Waals surface area contributed by atoms with Gasteiger partial charge in [-0.2, -0.15) is 0 Å². The van der Waals surface area contributed by atoms with E-state index >= 15 is 0 Å². The molecule has 33 heavy (non-hydrogen) atoms. The zero-order valence-corrected chi connectivity index (χ0v) is 20.1. The van der Waals surface area contributed by atoms with E-state index in [1.165, 1.54) is 11.1 Å². The molecule has 4 rings (SSSR count). The van der Waals surface area contributed by atoms with Gasteiger partial charge in [0.15, 0.2) is 0 Å². The van der Waals surface area contributed by atoms with Crippen molar-refractivity contribution in [3.05, 3.63) is 60.2 Å². The summed E-state index contributed by atoms with van der Waals surface area (Å²) in [6, 6.07) is 8.64. The summed E-state index contributed by atoms with van der Waals surface area (Å²) in [4.78, 5) is 24.6. The Hall–Kier alpha value is -2.55. The van der Waals surface area contributed by atoms with Crippen LogP contribution in [0.3, 0.4) is 0 Å². The van der Waals surface area contributed by atoms with Crippen LogP contribution in [0.4, 0.5) is 4.79 Å². The number of amides is 1. The lowest BCUT2D eigenvalue weighted by molar-refractivity contribution is 0.0505. The second kappa shape index (κ2) is 12.1. The number of alkyl carbamates (subject to hydrolysis) is 1. The lowest BCUT2D eigenvalue weighted by Crippen LogP contribution is -2.40. The van der Waals surface area contributed by atoms with Crippen LogP contribution < -0.4 is 11.1 Å². The minimum Gasteiger partial charge on any atom is -0.444 e. The highest BCUT2D eigenvalue weighted by Crippen LogP contribution is 2.14. The standard InChI is InChI=1S/C15H23N3O2.C10H15N3/c1-15(2,3)20-14(19)17-13-6-8-18(11-13)10-12-5-4-7-16-9-12;11-10-3-5-13(8-10)7-9-2-1-4-12-6-9/h4-5,7,9,13H,6,8,10-11H2,1-3H3,(H,17,19);1-2,4,6,10H,3,5,7-8,11H2/t13-;10-/m00/s1. The minimum atomic E-state index is -0.446. The van der Waals surface area contributed by atoms with Crippen LogP contribution in [0.15, 0.2) is 49.1 Å². The minimum absolute atomic E-state index is 0.168. The first kappa shape index (κ1) is 25.1. The number of carbonyl (C=O) groups is 1. The molecule has 3 N–H and O–H groups in total. The van der Waals surface area contributed by atoms with E-state index in [0.717, 1.165) is 52.1 Å². The van der Waals surface area contributed by atoms with Crippen LogP contribution in [-0.2, 0) is 17.8 Å². The molecule has 0 spiro atoms. The Labute approximate surface area is 197 Å². The molecule has 0 saturated carbocycles. The highest BCUT2D eigenvalue weighted by molar-refractivity contribution is 5.68. The molecule has 8 heteroatoms. The molecule has 2 saturated heterocycles. The second-order valence-electron chi connectivity index (χ2n) is 9.87. The Bertz CT molecular complexity index is 843. The van der Waals surface area contributed by atoms with E-state index in [0.29, 0.717) is 6.04 Å². The van der Waals surface area contributed by atoms with E-state index in [1.54, 1.807) is 12.4 Å². The van der Waals surface area contributed by atoms with Crippen molar-refractivity contribution in [2.75, 3.05) is 26.2 Å². The number of likely N-dealkylation sites (tertiary alicyclic amines) is 2. The predicted octanol–water partition coefficient (Wildman–Crippen LogP) is 2.80. The maximum absolute atomic E-state index is 11.7. The molecule has 2 aromatic rings. The van der Waals surface area contributed by atoms with E-state index in [-0.39, 0.29) is 12.1 Å². The van der Waals surface area contributed by atoms with Crippen LogP contribution in [0.1, 0.15) is 44.7 Å². The Morgan fingerprint density at radius 1 is 1.03 bits per heavy atom. The van der Waals surface area contributed by atoms with Gasteiger partial charge in [-0.1, -0.05) is 12.1 Å². The lowest BCUT2D eigenvalue weighted by Gasteiger charge is -2.22. The Kier molecular flexibility index (Phi) is 9.17. The molecule has 2 aromatic heterocycles. The van der Waals surface area contributed by atoms with Crippen molar-refractivity contribution < 1.29 is 9.53 Å². The topological polar surface area (TPSA) is 96.6 Å². The van der Waals surface area contributed by atoms with Gasteiger partial charge >= 0.3 is 6.09 Å². The van der Waals surface area contributed by atoms with Gasteiger partial charge in [0, 0.05) is 76.1 Å². The van der Waals surface area contributed by atoms with Crippen molar-refractivity contribution in [2.45, 2.75) is 64.4 Å². The third-order valence-corrected chi connectivity index (χ3v) is 5.56. The van der Waals surface area contributed by atoms with Crippen molar-refractivity contribution >= 4 is 6.09 Å². The Balaban J connectivity index is 0.000000203. The molecule has 0 aromatic carbocycles. The molecular weight excluding hydrogens is 416 g/mol. The van der Waals surface area contributed by atoms with Gasteiger partial charge in [-0.15, -0.1) is 0 Å². The molecular formula is C25H38N6O2. The number of nitrogens with one attached hydrogen (secondary N) is 1. The van der Waals surface area contributed by atoms with Crippen molar-refractivity contribution in [1.29, 1.82) is 0 Å². The van der Waals surface area contributed by atoms with Gasteiger partial charge in [-0.05, 0) is 56.9 Å². The summed E-state index contributed by atoms with van der Waals surface area (Å²) in [5.74, 6) is 0. The van der Waals surface area contributed by atoms with Crippen LogP contribution in [0.25, 0.3) is 0 Å². The first-order chi connectivity index (χ1) is 15.8. The molecule has 0 unspecified atom stereocenters. The first-order valence-corrected chi connectivity index (χ1v) is 11.7. The predicted molar refractivity (Wildman–Crippen MR) is 129 cm³/mol. The van der Waals surface area contributed by atoms with Crippen LogP contribution in [0.5, 0.6) is 0 Å². The maximum Gasteiger partial charge on any atom is 0.407 e. The number of pyridine rings is 2. The SMILES string of the molecule is CC(C)(C)OC(=O)N[C@H]1CCN(Cc2cccnc2)C1.N[C@H]1CCN(Cc2cccnc2)C1. The van der Waals surface area contributed by atoms with Crippen molar-refractivity contribution in [3.63, 3.8) is 0 Å². The molecule has 0 aliphatic carbocycles. The summed E-state index contributed by atoms with van der Waals surface area (Å²) in [6.45, 7) is 11.5. The van der Waals surface area contributed by atoms with Crippen molar-refractivity contribution in [2.24, 2.45) is 5.73 Å². The fraction of sp³-hybridized carbons (Fsp3) is 0.560. The first-order valence-electron chi connectivity index (χ1n) is 11.7. The number of nitrogens with zero attached hydrogens (tertiary/aromatic N) is 4. The summed E-state index contributed by atoms with van der Waals surface area (Å²) in [5, 5.41) is 2.93. The highest BCUT2D eigenvalue weighted by Gasteiger charge is 2.26. The van der Waals surface area contributed by atoms with Gasteiger partial charge in [-0.3, -0.25) is 19.8 Å². The quantitative estimate of drug-likeness (QED) is 0.717. The molecule has 2 atom stereocenters. The molecule has 4 heterocycles. The van der Waals surface area contributed by atoms with E-state index < -0.39 is 5.60 Å². The third kappa shape index (κ3) is 9.45. The van der Waals surface area contributed by atoms with E-state index in [2.05, 4.69) is 37.2 Å². The summed E-state index contributed by atoms with van der Waals surface area (Å²) in [5.41, 5.74) is 7.85. The normalized spacial score (nSPS) is 21.3. The monoisotopic (exact) mass is 454 g/mol. The lowest BCUT2D eigenvalue weighted by atomic mass is 10.2. The van der Waals surface area contributed by atoms with Gasteiger partial charge in [0.25, 0.3) is 0 Å². The zero-order chi connectivity index (χ0) is 23.7. The number of ether oxygens (including phenoxy) is 1. The largest absolute Gasteiger partial charge is 0.444 e. The summed E-state index contributed by atoms with van der Waals surface area (Å²) in [7, 11) is 0. The maximum atomic E-state index is 11.7. The fourth-order valence-corrected chi connectivity index (χ4v) is 4.07. The molecule has 2 fully saturated rings. The smallest absolute Gasteiger partial charge is 0.407 e. The third-order valence-electron chi connectivity index (χ3n) is 5.56. The van der Waals surface area contributed by atoms with Crippen LogP contribution in [-0.4, -0.2) is 69.7 Å². The summed E-state index contributed by atoms with van der Waals surface area (Å²) < 4.78 is 5.27. The van der Waals surface area contributed by atoms with Gasteiger partial charge in [-0.25, -0.2) is 4.79 Å². The number of hydrogen-bond donors (Lipinski definition) is 2. The van der Waals surface area contributed by atoms with Crippen molar-refractivity contribution in [3.8, 4) is 0 Å². The number of carbonyl (C=O) groups excluding carboxylic acids is 1. The highest BCUT2D eigenvalue weighted by atomic mass is 16.6. The molecule has 0 bridgehead atoms. The molecule has 8 nitrogen and oxygen atoms in total. The van der Waals surface area contributed by atoms with Gasteiger partial charge in [0.1, 0.15) is 5.60 Å². The van der Waals surface area contributed by atoms with Crippen LogP contribution in [0, 0.1) is 0 Å². The Morgan fingerprint density at radius 2 is 1.61 bits per heavy atom. The van der Waals surface area contributed by atoms with Crippen LogP contribution in [0.2, 0.25) is 0 Å². The number of rotatable bonds is 5. The van der Waals surface area contributed by atoms with Gasteiger partial charge in [0.2, 0.25) is 0 Å². The van der Waals surface area contributed by atoms with Gasteiger partial charge in [0.05, 0.1) is 0 Å². The van der Waals surface area contributed by atoms with E-state index in [9.17, 15) is 4.79 Å². The number of hydrogen-bond acceptors (Lipinski definition) is 7. The average molecular weight is 455 g/mol. The van der Waals surface area contributed by atoms with Crippen molar-refractivity contribution in [1.82, 2.24) is 25.1 Å². The summed E-state index contributed by atoms with van der Waals surface area (Å²) in [6.07, 6.45) is 9.14. The van der Waals surface area contributed by atoms with E-state index in [4.69, 9.17) is 10.5 Å². The molecule has 0 radical (unpaired) electrons. The number of nitrogens with two attached hydrogens (primary N) is 1. The average Bonchev–Trinajstić information content (AvgIpc) is 3.37. The van der Waals surface area contributed by atoms with E-state index in [1.807, 2.05) is 45.3 Å². The van der Waals surface area contributed by atoms with Crippen LogP contribution >= 0.6 is 0 Å². The fourth-order valence-electron chi connectivity index (χ4n) is 4.07. The molecule has 1 amide bonds. The second-order valence-corrected chi connectivity index (χ2v) is 9.87. The molecule has 2 aliphatic rings. The van der Waals surface area contributed by atoms with Gasteiger partial charge < -0.3 is 15.8 Å². The molecule has 2 aliphatic heterocycles. The zero-order valence-electron chi connectivity index (χ0n) is 20.1. The Morgan fingerprint density at radius 3 is 2.09 bits per heavy atom. The summed E-state index contributed by atoms with van der Waals surface area (Å²) >= 11 is 0. The number of aromatic nitrogens is 2. The molecule has 180 valence electrons.